The van der Waals surface area contributed by atoms with Gasteiger partial charge in [0.05, 0.1) is 35.4 Å². The number of hydrogen-bond donors (Lipinski definition) is 1. The fraction of sp³-hybridized carbons (Fsp3) is 0.310. The maximum atomic E-state index is 14.0. The number of aromatic nitrogens is 3. The van der Waals surface area contributed by atoms with Crippen LogP contribution in [0.5, 0.6) is 5.75 Å². The third-order valence-electron chi connectivity index (χ3n) is 7.53. The van der Waals surface area contributed by atoms with Crippen LogP contribution < -0.4 is 19.9 Å². The Bertz CT molecular complexity index is 1540. The second-order valence-electron chi connectivity index (χ2n) is 10.1. The van der Waals surface area contributed by atoms with Gasteiger partial charge in [-0.1, -0.05) is 23.7 Å². The number of hydrogen-bond acceptors (Lipinski definition) is 8. The second kappa shape index (κ2) is 11.6. The molecule has 3 aromatic heterocycles. The molecule has 2 aliphatic rings. The molecule has 2 amide bonds. The first-order valence-electron chi connectivity index (χ1n) is 13.3. The summed E-state index contributed by atoms with van der Waals surface area (Å²) in [5.74, 6) is 2.17. The molecule has 0 bridgehead atoms. The highest BCUT2D eigenvalue weighted by Gasteiger charge is 2.37. The van der Waals surface area contributed by atoms with E-state index < -0.39 is 12.7 Å². The first-order chi connectivity index (χ1) is 19.9. The maximum absolute atomic E-state index is 14.0. The largest absolute Gasteiger partial charge is 0.495 e. The molecule has 0 saturated carbocycles. The first kappa shape index (κ1) is 27.4. The lowest BCUT2D eigenvalue weighted by Crippen LogP contribution is -2.46. The van der Waals surface area contributed by atoms with Gasteiger partial charge < -0.3 is 15.0 Å². The zero-order valence-corrected chi connectivity index (χ0v) is 24.3. The molecule has 0 atom stereocenters. The van der Waals surface area contributed by atoms with Crippen LogP contribution in [0.4, 0.5) is 38.1 Å². The van der Waals surface area contributed by atoms with Gasteiger partial charge in [0, 0.05) is 22.8 Å². The molecule has 1 aromatic carbocycles. The van der Waals surface area contributed by atoms with Gasteiger partial charge in [0.2, 0.25) is 5.95 Å². The highest BCUT2D eigenvalue weighted by Crippen LogP contribution is 2.42. The number of carbonyl (C=O) groups excluding carboxylic acids is 1. The Labute approximate surface area is 246 Å². The van der Waals surface area contributed by atoms with Gasteiger partial charge in [0.15, 0.2) is 5.82 Å². The van der Waals surface area contributed by atoms with Crippen molar-refractivity contribution in [2.45, 2.75) is 32.0 Å². The Morgan fingerprint density at radius 1 is 1.12 bits per heavy atom. The molecule has 12 heteroatoms. The smallest absolute Gasteiger partial charge is 0.336 e. The van der Waals surface area contributed by atoms with E-state index in [0.717, 1.165) is 31.6 Å². The Kier molecular flexibility index (Phi) is 7.74. The Hall–Kier alpha value is -3.80. The van der Waals surface area contributed by atoms with Crippen LogP contribution in [0.2, 0.25) is 5.02 Å². The van der Waals surface area contributed by atoms with E-state index in [9.17, 15) is 9.18 Å². The van der Waals surface area contributed by atoms with Crippen LogP contribution >= 0.6 is 22.9 Å². The summed E-state index contributed by atoms with van der Waals surface area (Å²) in [6, 6.07) is 11.3. The monoisotopic (exact) mass is 593 g/mol. The molecule has 41 heavy (non-hydrogen) atoms. The maximum Gasteiger partial charge on any atom is 0.336 e. The highest BCUT2D eigenvalue weighted by molar-refractivity contribution is 7.11. The van der Waals surface area contributed by atoms with Crippen LogP contribution in [-0.4, -0.2) is 53.1 Å². The van der Waals surface area contributed by atoms with E-state index in [1.807, 2.05) is 12.1 Å². The number of carbonyl (C=O) groups is 1. The summed E-state index contributed by atoms with van der Waals surface area (Å²) in [4.78, 5) is 33.2. The third kappa shape index (κ3) is 5.44. The molecule has 9 nitrogen and oxygen atoms in total. The second-order valence-corrected chi connectivity index (χ2v) is 11.5. The van der Waals surface area contributed by atoms with Gasteiger partial charge in [-0.15, -0.1) is 11.3 Å². The van der Waals surface area contributed by atoms with Crippen molar-refractivity contribution in [3.63, 3.8) is 0 Å². The number of benzene rings is 1. The molecule has 1 saturated heterocycles. The number of piperidine rings is 1. The van der Waals surface area contributed by atoms with Gasteiger partial charge in [0.25, 0.3) is 0 Å². The van der Waals surface area contributed by atoms with Crippen molar-refractivity contribution in [2.75, 3.05) is 42.4 Å². The molecule has 2 aliphatic heterocycles. The van der Waals surface area contributed by atoms with Gasteiger partial charge in [-0.05, 0) is 68.7 Å². The van der Waals surface area contributed by atoms with Crippen molar-refractivity contribution in [2.24, 2.45) is 0 Å². The molecule has 5 heterocycles. The first-order valence-corrected chi connectivity index (χ1v) is 14.6. The SMILES string of the molecule is COc1ccc(N2C(=O)N(c3c(Cl)csc3CF)Cc3cnc(Nc4ccc(C5CCN(C)CC5)cc4)nc32)nc1. The molecule has 1 fully saturated rings. The fourth-order valence-electron chi connectivity index (χ4n) is 5.27. The van der Waals surface area contributed by atoms with Crippen LogP contribution in [0.15, 0.2) is 54.2 Å². The van der Waals surface area contributed by atoms with Gasteiger partial charge in [-0.2, -0.15) is 4.98 Å². The Balaban J connectivity index is 1.32. The summed E-state index contributed by atoms with van der Waals surface area (Å²) in [6.07, 6.45) is 5.50. The lowest BCUT2D eigenvalue weighted by Gasteiger charge is -2.35. The van der Waals surface area contributed by atoms with E-state index in [1.54, 1.807) is 30.8 Å². The number of nitrogens with one attached hydrogen (secondary N) is 1. The number of anilines is 5. The molecule has 212 valence electrons. The summed E-state index contributed by atoms with van der Waals surface area (Å²) < 4.78 is 19.1. The van der Waals surface area contributed by atoms with E-state index in [1.165, 1.54) is 32.9 Å². The number of urea groups is 1. The Morgan fingerprint density at radius 3 is 2.59 bits per heavy atom. The van der Waals surface area contributed by atoms with Gasteiger partial charge in [-0.3, -0.25) is 4.90 Å². The quantitative estimate of drug-likeness (QED) is 0.249. The van der Waals surface area contributed by atoms with E-state index in [4.69, 9.17) is 21.3 Å². The standard InChI is InChI=1S/C29H29ClFN7O2S/c1-36-11-9-19(10-12-36)18-3-5-21(6-4-18)34-28-33-14-20-16-37(26-23(30)17-41-24(26)13-31)29(39)38(27(20)35-28)25-8-7-22(40-2)15-32-25/h3-8,14-15,17,19H,9-13,16H2,1-2H3,(H,33,34,35). The molecule has 0 spiro atoms. The summed E-state index contributed by atoms with van der Waals surface area (Å²) in [6.45, 7) is 1.62. The number of ether oxygens (including phenoxy) is 1. The minimum Gasteiger partial charge on any atom is -0.495 e. The van der Waals surface area contributed by atoms with Crippen LogP contribution in [0.1, 0.15) is 34.8 Å². The molecular formula is C29H29ClFN7O2S. The van der Waals surface area contributed by atoms with E-state index in [0.29, 0.717) is 50.4 Å². The molecular weight excluding hydrogens is 565 g/mol. The van der Waals surface area contributed by atoms with Crippen LogP contribution in [-0.2, 0) is 13.2 Å². The number of halogens is 2. The van der Waals surface area contributed by atoms with Gasteiger partial charge in [-0.25, -0.2) is 24.1 Å². The number of thiophene rings is 1. The summed E-state index contributed by atoms with van der Waals surface area (Å²) >= 11 is 7.59. The van der Waals surface area contributed by atoms with Gasteiger partial charge in [0.1, 0.15) is 18.2 Å². The molecule has 0 radical (unpaired) electrons. The molecule has 0 aliphatic carbocycles. The number of nitrogens with zero attached hydrogens (tertiary/aromatic N) is 6. The van der Waals surface area contributed by atoms with Crippen molar-refractivity contribution in [1.82, 2.24) is 19.9 Å². The van der Waals surface area contributed by atoms with E-state index in [2.05, 4.69) is 39.4 Å². The predicted octanol–water partition coefficient (Wildman–Crippen LogP) is 6.90. The fourth-order valence-corrected chi connectivity index (χ4v) is 6.43. The average molecular weight is 594 g/mol. The number of alkyl halides is 1. The minimum absolute atomic E-state index is 0.135. The molecule has 4 aromatic rings. The van der Waals surface area contributed by atoms with Gasteiger partial charge >= 0.3 is 6.03 Å². The lowest BCUT2D eigenvalue weighted by atomic mass is 9.89. The van der Waals surface area contributed by atoms with Crippen molar-refractivity contribution < 1.29 is 13.9 Å². The van der Waals surface area contributed by atoms with Crippen molar-refractivity contribution in [1.29, 1.82) is 0 Å². The molecule has 1 N–H and O–H groups in total. The summed E-state index contributed by atoms with van der Waals surface area (Å²) in [5, 5.41) is 5.21. The summed E-state index contributed by atoms with van der Waals surface area (Å²) in [7, 11) is 3.71. The normalized spacial score (nSPS) is 16.1. The third-order valence-corrected chi connectivity index (χ3v) is 8.89. The number of likely N-dealkylation sites (tertiary alicyclic amines) is 1. The number of amides is 2. The molecule has 6 rings (SSSR count). The van der Waals surface area contributed by atoms with Crippen LogP contribution in [0, 0.1) is 0 Å². The molecule has 0 unspecified atom stereocenters. The van der Waals surface area contributed by atoms with Crippen LogP contribution in [0.25, 0.3) is 0 Å². The zero-order valence-electron chi connectivity index (χ0n) is 22.7. The highest BCUT2D eigenvalue weighted by atomic mass is 35.5. The average Bonchev–Trinajstić information content (AvgIpc) is 3.38. The number of fused-ring (bicyclic) bond motifs is 1. The van der Waals surface area contributed by atoms with Crippen molar-refractivity contribution in [3.8, 4) is 5.75 Å². The Morgan fingerprint density at radius 2 is 1.90 bits per heavy atom. The topological polar surface area (TPSA) is 86.7 Å². The summed E-state index contributed by atoms with van der Waals surface area (Å²) in [5.41, 5.74) is 3.19. The van der Waals surface area contributed by atoms with E-state index in [-0.39, 0.29) is 6.54 Å². The van der Waals surface area contributed by atoms with E-state index >= 15 is 0 Å². The number of pyridine rings is 1. The lowest BCUT2D eigenvalue weighted by molar-refractivity contribution is 0.252. The van der Waals surface area contributed by atoms with Crippen molar-refractivity contribution >= 4 is 57.9 Å². The van der Waals surface area contributed by atoms with Crippen molar-refractivity contribution in [3.05, 3.63) is 75.2 Å². The minimum atomic E-state index is -0.736. The number of methoxy groups -OCH3 is 1. The number of rotatable bonds is 7. The predicted molar refractivity (Wildman–Crippen MR) is 160 cm³/mol. The van der Waals surface area contributed by atoms with Crippen LogP contribution in [0.3, 0.4) is 0 Å². The zero-order chi connectivity index (χ0) is 28.5.